The van der Waals surface area contributed by atoms with Gasteiger partial charge in [0, 0.05) is 25.5 Å². The fourth-order valence-corrected chi connectivity index (χ4v) is 2.86. The van der Waals surface area contributed by atoms with Gasteiger partial charge in [0.05, 0.1) is 26.5 Å². The van der Waals surface area contributed by atoms with Crippen LogP contribution in [0.2, 0.25) is 0 Å². The lowest BCUT2D eigenvalue weighted by atomic mass is 10.2. The molecule has 8 heteroatoms. The molecule has 0 atom stereocenters. The van der Waals surface area contributed by atoms with Gasteiger partial charge in [0.2, 0.25) is 0 Å². The molecule has 0 spiro atoms. The van der Waals surface area contributed by atoms with Gasteiger partial charge in [0.15, 0.2) is 17.5 Å². The molecular formula is C22H28IN5O2. The first-order valence-electron chi connectivity index (χ1n) is 9.55. The number of nitrogens with one attached hydrogen (secondary N) is 2. The number of halogens is 1. The first-order valence-corrected chi connectivity index (χ1v) is 9.55. The average molecular weight is 521 g/mol. The highest BCUT2D eigenvalue weighted by molar-refractivity contribution is 14.0. The Morgan fingerprint density at radius 3 is 2.37 bits per heavy atom. The van der Waals surface area contributed by atoms with Crippen LogP contribution in [0, 0.1) is 0 Å². The number of benzene rings is 2. The average Bonchev–Trinajstić information content (AvgIpc) is 3.30. The largest absolute Gasteiger partial charge is 0.493 e. The number of guanidine groups is 1. The molecule has 1 aromatic heterocycles. The summed E-state index contributed by atoms with van der Waals surface area (Å²) in [5.41, 5.74) is 3.24. The summed E-state index contributed by atoms with van der Waals surface area (Å²) in [5, 5.41) is 10.9. The molecule has 30 heavy (non-hydrogen) atoms. The van der Waals surface area contributed by atoms with Gasteiger partial charge >= 0.3 is 0 Å². The number of hydrogen-bond acceptors (Lipinski definition) is 4. The highest BCUT2D eigenvalue weighted by Crippen LogP contribution is 2.27. The first kappa shape index (κ1) is 23.5. The van der Waals surface area contributed by atoms with Crippen LogP contribution in [-0.4, -0.2) is 36.5 Å². The number of ether oxygens (including phenoxy) is 2. The zero-order chi connectivity index (χ0) is 20.5. The lowest BCUT2D eigenvalue weighted by molar-refractivity contribution is 0.354. The minimum atomic E-state index is 0. The van der Waals surface area contributed by atoms with Gasteiger partial charge < -0.3 is 20.1 Å². The van der Waals surface area contributed by atoms with E-state index in [0.717, 1.165) is 29.3 Å². The molecule has 0 aliphatic heterocycles. The van der Waals surface area contributed by atoms with Crippen LogP contribution >= 0.6 is 24.0 Å². The molecule has 2 N–H and O–H groups in total. The number of aromatic nitrogens is 2. The molecule has 0 radical (unpaired) electrons. The van der Waals surface area contributed by atoms with Crippen LogP contribution in [0.1, 0.15) is 18.1 Å². The molecule has 0 bridgehead atoms. The minimum Gasteiger partial charge on any atom is -0.493 e. The number of hydrogen-bond donors (Lipinski definition) is 2. The SMILES string of the molecule is CCNC(=NCc1ccc(OC)c(OC)c1)NCc1ccc(-n2cccn2)cc1.I. The van der Waals surface area contributed by atoms with Crippen molar-refractivity contribution in [3.63, 3.8) is 0 Å². The normalized spacial score (nSPS) is 10.8. The molecule has 2 aromatic carbocycles. The summed E-state index contributed by atoms with van der Waals surface area (Å²) in [6.45, 7) is 4.05. The van der Waals surface area contributed by atoms with Gasteiger partial charge in [-0.15, -0.1) is 24.0 Å². The van der Waals surface area contributed by atoms with E-state index in [1.807, 2.05) is 42.1 Å². The van der Waals surface area contributed by atoms with E-state index < -0.39 is 0 Å². The summed E-state index contributed by atoms with van der Waals surface area (Å²) in [4.78, 5) is 4.67. The Balaban J connectivity index is 0.00000320. The number of aliphatic imine (C=N–C) groups is 1. The van der Waals surface area contributed by atoms with Crippen LogP contribution in [0.15, 0.2) is 65.9 Å². The Labute approximate surface area is 194 Å². The summed E-state index contributed by atoms with van der Waals surface area (Å²) in [7, 11) is 3.26. The zero-order valence-corrected chi connectivity index (χ0v) is 19.8. The van der Waals surface area contributed by atoms with E-state index in [9.17, 15) is 0 Å². The Morgan fingerprint density at radius 1 is 1.00 bits per heavy atom. The quantitative estimate of drug-likeness (QED) is 0.269. The Kier molecular flexibility index (Phi) is 9.46. The molecule has 160 valence electrons. The maximum absolute atomic E-state index is 5.36. The van der Waals surface area contributed by atoms with Crippen molar-refractivity contribution >= 4 is 29.9 Å². The van der Waals surface area contributed by atoms with Crippen molar-refractivity contribution < 1.29 is 9.47 Å². The van der Waals surface area contributed by atoms with Crippen molar-refractivity contribution in [2.75, 3.05) is 20.8 Å². The van der Waals surface area contributed by atoms with Crippen LogP contribution in [0.5, 0.6) is 11.5 Å². The maximum atomic E-state index is 5.36. The predicted octanol–water partition coefficient (Wildman–Crippen LogP) is 3.76. The summed E-state index contributed by atoms with van der Waals surface area (Å²) < 4.78 is 12.5. The summed E-state index contributed by atoms with van der Waals surface area (Å²) in [5.74, 6) is 2.18. The van der Waals surface area contributed by atoms with Crippen LogP contribution < -0.4 is 20.1 Å². The summed E-state index contributed by atoms with van der Waals surface area (Å²) in [6, 6.07) is 16.0. The molecule has 0 saturated heterocycles. The van der Waals surface area contributed by atoms with E-state index in [4.69, 9.17) is 9.47 Å². The molecule has 3 aromatic rings. The van der Waals surface area contributed by atoms with Gasteiger partial charge in [-0.1, -0.05) is 18.2 Å². The fraction of sp³-hybridized carbons (Fsp3) is 0.273. The standard InChI is InChI=1S/C22H27N5O2.HI/c1-4-23-22(25-16-18-8-11-20(28-2)21(14-18)29-3)24-15-17-6-9-19(10-7-17)27-13-5-12-26-27;/h5-14H,4,15-16H2,1-3H3,(H2,23,24,25);1H. The van der Waals surface area contributed by atoms with Crippen LogP contribution in [-0.2, 0) is 13.1 Å². The molecule has 0 fully saturated rings. The highest BCUT2D eigenvalue weighted by atomic mass is 127. The molecule has 1 heterocycles. The lowest BCUT2D eigenvalue weighted by Gasteiger charge is -2.12. The van der Waals surface area contributed by atoms with Crippen molar-refractivity contribution in [1.29, 1.82) is 0 Å². The van der Waals surface area contributed by atoms with Crippen LogP contribution in [0.25, 0.3) is 5.69 Å². The van der Waals surface area contributed by atoms with Crippen LogP contribution in [0.3, 0.4) is 0 Å². The van der Waals surface area contributed by atoms with Crippen molar-refractivity contribution in [3.8, 4) is 17.2 Å². The Bertz CT molecular complexity index is 927. The highest BCUT2D eigenvalue weighted by Gasteiger charge is 2.05. The van der Waals surface area contributed by atoms with E-state index in [0.29, 0.717) is 24.6 Å². The fourth-order valence-electron chi connectivity index (χ4n) is 2.86. The second-order valence-electron chi connectivity index (χ2n) is 6.36. The smallest absolute Gasteiger partial charge is 0.191 e. The van der Waals surface area contributed by atoms with E-state index in [1.165, 1.54) is 0 Å². The molecule has 0 amide bonds. The van der Waals surface area contributed by atoms with Gasteiger partial charge in [0.1, 0.15) is 0 Å². The van der Waals surface area contributed by atoms with Gasteiger partial charge in [0.25, 0.3) is 0 Å². The number of methoxy groups -OCH3 is 2. The third kappa shape index (κ3) is 6.38. The molecule has 7 nitrogen and oxygen atoms in total. The lowest BCUT2D eigenvalue weighted by Crippen LogP contribution is -2.36. The first-order chi connectivity index (χ1) is 14.2. The second kappa shape index (κ2) is 12.1. The van der Waals surface area contributed by atoms with E-state index in [1.54, 1.807) is 20.4 Å². The molecular weight excluding hydrogens is 493 g/mol. The van der Waals surface area contributed by atoms with Gasteiger partial charge in [-0.05, 0) is 48.4 Å². The monoisotopic (exact) mass is 521 g/mol. The van der Waals surface area contributed by atoms with Crippen molar-refractivity contribution in [1.82, 2.24) is 20.4 Å². The number of nitrogens with zero attached hydrogens (tertiary/aromatic N) is 3. The third-order valence-electron chi connectivity index (χ3n) is 4.38. The van der Waals surface area contributed by atoms with Gasteiger partial charge in [-0.2, -0.15) is 5.10 Å². The van der Waals surface area contributed by atoms with Crippen molar-refractivity contribution in [2.45, 2.75) is 20.0 Å². The Hall–Kier alpha value is -2.75. The minimum absolute atomic E-state index is 0. The van der Waals surface area contributed by atoms with E-state index >= 15 is 0 Å². The topological polar surface area (TPSA) is 72.7 Å². The van der Waals surface area contributed by atoms with E-state index in [-0.39, 0.29) is 24.0 Å². The van der Waals surface area contributed by atoms with E-state index in [2.05, 4.69) is 45.0 Å². The van der Waals surface area contributed by atoms with Crippen molar-refractivity contribution in [3.05, 3.63) is 72.1 Å². The zero-order valence-electron chi connectivity index (χ0n) is 17.5. The molecule has 3 rings (SSSR count). The second-order valence-corrected chi connectivity index (χ2v) is 6.36. The molecule has 0 aliphatic carbocycles. The van der Waals surface area contributed by atoms with Crippen molar-refractivity contribution in [2.24, 2.45) is 4.99 Å². The summed E-state index contributed by atoms with van der Waals surface area (Å²) in [6.07, 6.45) is 3.70. The molecule has 0 saturated carbocycles. The summed E-state index contributed by atoms with van der Waals surface area (Å²) >= 11 is 0. The predicted molar refractivity (Wildman–Crippen MR) is 130 cm³/mol. The van der Waals surface area contributed by atoms with Gasteiger partial charge in [-0.3, -0.25) is 0 Å². The maximum Gasteiger partial charge on any atom is 0.191 e. The third-order valence-corrected chi connectivity index (χ3v) is 4.38. The number of rotatable bonds is 8. The Morgan fingerprint density at radius 2 is 1.73 bits per heavy atom. The molecule has 0 unspecified atom stereocenters. The van der Waals surface area contributed by atoms with Gasteiger partial charge in [-0.25, -0.2) is 9.67 Å². The molecule has 0 aliphatic rings. The van der Waals surface area contributed by atoms with Crippen LogP contribution in [0.4, 0.5) is 0 Å².